The van der Waals surface area contributed by atoms with Crippen molar-refractivity contribution in [3.05, 3.63) is 65.5 Å². The van der Waals surface area contributed by atoms with Crippen molar-refractivity contribution in [2.45, 2.75) is 6.61 Å². The number of hydrogen-bond acceptors (Lipinski definition) is 4. The Morgan fingerprint density at radius 3 is 2.25 bits per heavy atom. The van der Waals surface area contributed by atoms with Crippen molar-refractivity contribution in [3.8, 4) is 0 Å². The van der Waals surface area contributed by atoms with E-state index in [4.69, 9.17) is 4.74 Å². The largest absolute Gasteiger partial charge is 0.380 e. The fraction of sp³-hybridized carbons (Fsp3) is 0.333. The maximum absolute atomic E-state index is 12.9. The summed E-state index contributed by atoms with van der Waals surface area (Å²) in [7, 11) is 1.64. The number of hydrogen-bond donors (Lipinski definition) is 1. The van der Waals surface area contributed by atoms with Gasteiger partial charge in [0.25, 0.3) is 5.91 Å². The number of nitrogens with zero attached hydrogens (tertiary/aromatic N) is 2. The van der Waals surface area contributed by atoms with Crippen molar-refractivity contribution in [1.82, 2.24) is 9.80 Å². The molecule has 1 saturated heterocycles. The van der Waals surface area contributed by atoms with E-state index >= 15 is 0 Å². The molecule has 0 atom stereocenters. The number of halogens is 1. The summed E-state index contributed by atoms with van der Waals surface area (Å²) >= 11 is 0. The predicted octanol–water partition coefficient (Wildman–Crippen LogP) is 2.37. The number of anilines is 1. The topological polar surface area (TPSA) is 61.9 Å². The van der Waals surface area contributed by atoms with E-state index in [0.717, 1.165) is 5.56 Å². The molecule has 3 rings (SSSR count). The number of rotatable bonds is 6. The third kappa shape index (κ3) is 5.37. The molecule has 2 amide bonds. The van der Waals surface area contributed by atoms with Crippen LogP contribution in [0.4, 0.5) is 10.1 Å². The molecular weight excluding hydrogens is 361 g/mol. The molecule has 2 aromatic rings. The van der Waals surface area contributed by atoms with Crippen LogP contribution in [-0.2, 0) is 16.1 Å². The Hall–Kier alpha value is -2.77. The molecule has 0 radical (unpaired) electrons. The van der Waals surface area contributed by atoms with E-state index in [1.165, 1.54) is 24.3 Å². The number of carbonyl (C=O) groups is 2. The van der Waals surface area contributed by atoms with E-state index in [1.807, 2.05) is 29.2 Å². The van der Waals surface area contributed by atoms with Crippen LogP contribution in [-0.4, -0.2) is 61.4 Å². The van der Waals surface area contributed by atoms with Gasteiger partial charge in [0.15, 0.2) is 0 Å². The maximum atomic E-state index is 12.9. The fourth-order valence-electron chi connectivity index (χ4n) is 3.14. The van der Waals surface area contributed by atoms with Gasteiger partial charge in [-0.2, -0.15) is 0 Å². The van der Waals surface area contributed by atoms with E-state index in [1.54, 1.807) is 12.0 Å². The first-order valence-corrected chi connectivity index (χ1v) is 9.20. The lowest BCUT2D eigenvalue weighted by atomic mass is 10.1. The van der Waals surface area contributed by atoms with Crippen LogP contribution in [0.15, 0.2) is 48.5 Å². The maximum Gasteiger partial charge on any atom is 0.253 e. The minimum absolute atomic E-state index is 0.000574. The van der Waals surface area contributed by atoms with Crippen molar-refractivity contribution in [2.24, 2.45) is 0 Å². The number of amides is 2. The molecule has 0 spiro atoms. The summed E-state index contributed by atoms with van der Waals surface area (Å²) in [6.45, 7) is 3.16. The van der Waals surface area contributed by atoms with Gasteiger partial charge >= 0.3 is 0 Å². The highest BCUT2D eigenvalue weighted by molar-refractivity contribution is 5.94. The molecule has 0 aromatic heterocycles. The van der Waals surface area contributed by atoms with E-state index in [2.05, 4.69) is 5.32 Å². The molecule has 1 aliphatic heterocycles. The molecule has 7 heteroatoms. The second-order valence-electron chi connectivity index (χ2n) is 6.75. The van der Waals surface area contributed by atoms with Crippen molar-refractivity contribution in [3.63, 3.8) is 0 Å². The molecule has 28 heavy (non-hydrogen) atoms. The summed E-state index contributed by atoms with van der Waals surface area (Å²) in [5.41, 5.74) is 2.25. The molecule has 2 aromatic carbocycles. The summed E-state index contributed by atoms with van der Waals surface area (Å²) in [5.74, 6) is -0.494. The fourth-order valence-corrected chi connectivity index (χ4v) is 3.14. The van der Waals surface area contributed by atoms with Gasteiger partial charge in [0, 0.05) is 44.5 Å². The van der Waals surface area contributed by atoms with Gasteiger partial charge in [0.05, 0.1) is 13.2 Å². The number of piperazine rings is 1. The highest BCUT2D eigenvalue weighted by Crippen LogP contribution is 2.12. The van der Waals surface area contributed by atoms with Crippen molar-refractivity contribution in [1.29, 1.82) is 0 Å². The Morgan fingerprint density at radius 1 is 1.00 bits per heavy atom. The van der Waals surface area contributed by atoms with E-state index < -0.39 is 0 Å². The molecule has 0 unspecified atom stereocenters. The molecule has 0 aliphatic carbocycles. The van der Waals surface area contributed by atoms with Crippen LogP contribution < -0.4 is 5.32 Å². The number of ether oxygens (including phenoxy) is 1. The third-order valence-electron chi connectivity index (χ3n) is 4.67. The second-order valence-corrected chi connectivity index (χ2v) is 6.75. The van der Waals surface area contributed by atoms with Gasteiger partial charge in [-0.25, -0.2) is 4.39 Å². The molecule has 148 valence electrons. The van der Waals surface area contributed by atoms with Crippen molar-refractivity contribution >= 4 is 17.5 Å². The smallest absolute Gasteiger partial charge is 0.253 e. The number of nitrogens with one attached hydrogen (secondary N) is 1. The molecule has 0 saturated carbocycles. The average molecular weight is 385 g/mol. The third-order valence-corrected chi connectivity index (χ3v) is 4.67. The summed E-state index contributed by atoms with van der Waals surface area (Å²) in [5, 5.41) is 2.75. The van der Waals surface area contributed by atoms with Crippen LogP contribution in [0.5, 0.6) is 0 Å². The lowest BCUT2D eigenvalue weighted by Crippen LogP contribution is -2.50. The molecule has 1 aliphatic rings. The summed E-state index contributed by atoms with van der Waals surface area (Å²) in [6, 6.07) is 13.1. The Bertz CT molecular complexity index is 801. The van der Waals surface area contributed by atoms with Gasteiger partial charge in [0.1, 0.15) is 5.82 Å². The van der Waals surface area contributed by atoms with E-state index in [0.29, 0.717) is 44.0 Å². The van der Waals surface area contributed by atoms with Crippen LogP contribution in [0.3, 0.4) is 0 Å². The van der Waals surface area contributed by atoms with E-state index in [-0.39, 0.29) is 24.2 Å². The van der Waals surface area contributed by atoms with Crippen LogP contribution in [0.25, 0.3) is 0 Å². The molecule has 6 nitrogen and oxygen atoms in total. The standard InChI is InChI=1S/C21H24FN3O3/c1-28-15-16-2-4-17(5-3-16)21(27)25-12-10-24(11-13-25)14-20(26)23-19-8-6-18(22)7-9-19/h2-9H,10-15H2,1H3,(H,23,26). The number of benzene rings is 2. The van der Waals surface area contributed by atoms with Gasteiger partial charge < -0.3 is 15.0 Å². The zero-order valence-corrected chi connectivity index (χ0v) is 15.9. The molecule has 1 heterocycles. The van der Waals surface area contributed by atoms with Gasteiger partial charge in [-0.15, -0.1) is 0 Å². The quantitative estimate of drug-likeness (QED) is 0.829. The molecule has 1 fully saturated rings. The van der Waals surface area contributed by atoms with E-state index in [9.17, 15) is 14.0 Å². The zero-order valence-electron chi connectivity index (χ0n) is 15.9. The molecular formula is C21H24FN3O3. The second kappa shape index (κ2) is 9.43. The summed E-state index contributed by atoms with van der Waals surface area (Å²) in [4.78, 5) is 28.6. The first-order chi connectivity index (χ1) is 13.5. The minimum Gasteiger partial charge on any atom is -0.380 e. The van der Waals surface area contributed by atoms with Crippen LogP contribution in [0.1, 0.15) is 15.9 Å². The lowest BCUT2D eigenvalue weighted by molar-refractivity contribution is -0.117. The SMILES string of the molecule is COCc1ccc(C(=O)N2CCN(CC(=O)Nc3ccc(F)cc3)CC2)cc1. The van der Waals surface area contributed by atoms with Gasteiger partial charge in [-0.1, -0.05) is 12.1 Å². The van der Waals surface area contributed by atoms with Crippen LogP contribution in [0.2, 0.25) is 0 Å². The predicted molar refractivity (Wildman–Crippen MR) is 105 cm³/mol. The first kappa shape index (κ1) is 20.0. The van der Waals surface area contributed by atoms with Gasteiger partial charge in [-0.05, 0) is 42.0 Å². The Morgan fingerprint density at radius 2 is 1.64 bits per heavy atom. The summed E-state index contributed by atoms with van der Waals surface area (Å²) in [6.07, 6.45) is 0. The lowest BCUT2D eigenvalue weighted by Gasteiger charge is -2.34. The van der Waals surface area contributed by atoms with Crippen molar-refractivity contribution < 1.29 is 18.7 Å². The van der Waals surface area contributed by atoms with Gasteiger partial charge in [-0.3, -0.25) is 14.5 Å². The molecule has 0 bridgehead atoms. The monoisotopic (exact) mass is 385 g/mol. The normalized spacial score (nSPS) is 14.7. The minimum atomic E-state index is -0.341. The van der Waals surface area contributed by atoms with Gasteiger partial charge in [0.2, 0.25) is 5.91 Å². The molecule has 1 N–H and O–H groups in total. The Labute approximate surface area is 163 Å². The number of methoxy groups -OCH3 is 1. The Balaban J connectivity index is 1.46. The number of carbonyl (C=O) groups excluding carboxylic acids is 2. The van der Waals surface area contributed by atoms with Crippen molar-refractivity contribution in [2.75, 3.05) is 45.2 Å². The Kier molecular flexibility index (Phi) is 6.73. The first-order valence-electron chi connectivity index (χ1n) is 9.20. The summed E-state index contributed by atoms with van der Waals surface area (Å²) < 4.78 is 18.0. The highest BCUT2D eigenvalue weighted by atomic mass is 19.1. The van der Waals surface area contributed by atoms with Crippen LogP contribution in [0, 0.1) is 5.82 Å². The average Bonchev–Trinajstić information content (AvgIpc) is 2.71. The van der Waals surface area contributed by atoms with Crippen LogP contribution >= 0.6 is 0 Å². The zero-order chi connectivity index (χ0) is 19.9. The highest BCUT2D eigenvalue weighted by Gasteiger charge is 2.23.